The van der Waals surface area contributed by atoms with E-state index in [0.717, 1.165) is 33.2 Å². The van der Waals surface area contributed by atoms with Gasteiger partial charge in [-0.05, 0) is 77.4 Å². The molecule has 0 atom stereocenters. The lowest BCUT2D eigenvalue weighted by Crippen LogP contribution is -2.49. The van der Waals surface area contributed by atoms with Gasteiger partial charge in [0.2, 0.25) is 0 Å². The van der Waals surface area contributed by atoms with E-state index >= 15 is 0 Å². The molecule has 0 unspecified atom stereocenters. The van der Waals surface area contributed by atoms with E-state index in [1.165, 1.54) is 48.8 Å². The molecule has 10 rings (SSSR count). The Balaban J connectivity index is 1.17. The van der Waals surface area contributed by atoms with E-state index in [4.69, 9.17) is 15.0 Å². The third-order valence-corrected chi connectivity index (χ3v) is 14.5. The molecule has 0 bridgehead atoms. The molecule has 0 fully saturated rings. The molecule has 0 N–H and O–H groups in total. The predicted molar refractivity (Wildman–Crippen MR) is 224 cm³/mol. The first kappa shape index (κ1) is 31.3. The highest BCUT2D eigenvalue weighted by Gasteiger charge is 2.39. The normalized spacial score (nSPS) is 12.9. The summed E-state index contributed by atoms with van der Waals surface area (Å²) in [6.07, 6.45) is 0. The van der Waals surface area contributed by atoms with E-state index in [1.54, 1.807) is 0 Å². The molecule has 2 heterocycles. The van der Waals surface area contributed by atoms with Crippen molar-refractivity contribution >= 4 is 40.0 Å². The molecule has 0 saturated carbocycles. The molecule has 0 aliphatic carbocycles. The minimum Gasteiger partial charge on any atom is -0.208 e. The van der Waals surface area contributed by atoms with Crippen LogP contribution in [0.1, 0.15) is 0 Å². The van der Waals surface area contributed by atoms with Gasteiger partial charge in [-0.3, -0.25) is 0 Å². The summed E-state index contributed by atoms with van der Waals surface area (Å²) in [6, 6.07) is 62.8. The lowest BCUT2D eigenvalue weighted by molar-refractivity contribution is 1.08. The number of aromatic nitrogens is 3. The van der Waals surface area contributed by atoms with Crippen LogP contribution >= 0.6 is 0 Å². The summed E-state index contributed by atoms with van der Waals surface area (Å²) in [5.74, 6) is 2.00. The lowest BCUT2D eigenvalue weighted by atomic mass is 9.94. The van der Waals surface area contributed by atoms with Crippen molar-refractivity contribution in [2.45, 2.75) is 13.1 Å². The van der Waals surface area contributed by atoms with Crippen molar-refractivity contribution in [1.29, 1.82) is 0 Å². The predicted octanol–water partition coefficient (Wildman–Crippen LogP) is 11.3. The second kappa shape index (κ2) is 12.3. The minimum atomic E-state index is -2.06. The highest BCUT2D eigenvalue weighted by molar-refractivity contribution is 7.05. The van der Waals surface area contributed by atoms with E-state index < -0.39 is 8.07 Å². The Labute approximate surface area is 310 Å². The number of benzene rings is 8. The van der Waals surface area contributed by atoms with Crippen molar-refractivity contribution in [3.8, 4) is 67.5 Å². The van der Waals surface area contributed by atoms with Gasteiger partial charge in [-0.2, -0.15) is 0 Å². The maximum Gasteiger partial charge on any atom is 0.164 e. The molecule has 0 spiro atoms. The van der Waals surface area contributed by atoms with Gasteiger partial charge >= 0.3 is 0 Å². The summed E-state index contributed by atoms with van der Waals surface area (Å²) in [4.78, 5) is 15.8. The van der Waals surface area contributed by atoms with Gasteiger partial charge in [-0.25, -0.2) is 15.0 Å². The Morgan fingerprint density at radius 2 is 0.868 bits per heavy atom. The van der Waals surface area contributed by atoms with Crippen LogP contribution in [-0.4, -0.2) is 23.0 Å². The fraction of sp³-hybridized carbons (Fsp3) is 0.0408. The average molecular weight is 694 g/mol. The van der Waals surface area contributed by atoms with Gasteiger partial charge in [0, 0.05) is 16.7 Å². The van der Waals surface area contributed by atoms with Crippen LogP contribution in [0.5, 0.6) is 0 Å². The van der Waals surface area contributed by atoms with E-state index in [0.29, 0.717) is 17.5 Å². The molecule has 9 aromatic rings. The first-order valence-electron chi connectivity index (χ1n) is 18.2. The van der Waals surface area contributed by atoms with Crippen LogP contribution in [-0.2, 0) is 0 Å². The third-order valence-electron chi connectivity index (χ3n) is 10.9. The summed E-state index contributed by atoms with van der Waals surface area (Å²) in [5, 5.41) is 7.89. The molecule has 8 aromatic carbocycles. The average Bonchev–Trinajstić information content (AvgIpc) is 3.46. The van der Waals surface area contributed by atoms with Gasteiger partial charge in [0.1, 0.15) is 8.07 Å². The number of rotatable bonds is 5. The van der Waals surface area contributed by atoms with Gasteiger partial charge in [0.15, 0.2) is 17.5 Å². The Hall–Kier alpha value is -6.49. The highest BCUT2D eigenvalue weighted by Crippen LogP contribution is 2.37. The molecule has 0 amide bonds. The van der Waals surface area contributed by atoms with Crippen molar-refractivity contribution in [2.24, 2.45) is 0 Å². The van der Waals surface area contributed by atoms with Gasteiger partial charge in [0.25, 0.3) is 0 Å². The fourth-order valence-electron chi connectivity index (χ4n) is 8.33. The van der Waals surface area contributed by atoms with Gasteiger partial charge in [-0.1, -0.05) is 177 Å². The Kier molecular flexibility index (Phi) is 7.27. The zero-order valence-electron chi connectivity index (χ0n) is 29.6. The Bertz CT molecular complexity index is 2860. The molecule has 250 valence electrons. The maximum absolute atomic E-state index is 5.30. The number of fused-ring (bicyclic) bond motifs is 6. The summed E-state index contributed by atoms with van der Waals surface area (Å²) in [5.41, 5.74) is 10.3. The second-order valence-corrected chi connectivity index (χ2v) is 18.7. The third kappa shape index (κ3) is 5.22. The van der Waals surface area contributed by atoms with Crippen LogP contribution in [0.2, 0.25) is 13.1 Å². The first-order valence-corrected chi connectivity index (χ1v) is 21.2. The Morgan fingerprint density at radius 3 is 1.62 bits per heavy atom. The molecular formula is C49H35N3Si. The van der Waals surface area contributed by atoms with Gasteiger partial charge < -0.3 is 0 Å². The molecule has 1 aliphatic rings. The van der Waals surface area contributed by atoms with Crippen LogP contribution in [0.3, 0.4) is 0 Å². The largest absolute Gasteiger partial charge is 0.208 e. The van der Waals surface area contributed by atoms with Crippen molar-refractivity contribution in [2.75, 3.05) is 0 Å². The fourth-order valence-corrected chi connectivity index (χ4v) is 11.8. The highest BCUT2D eigenvalue weighted by atomic mass is 28.3. The number of hydrogen-bond acceptors (Lipinski definition) is 3. The smallest absolute Gasteiger partial charge is 0.164 e. The lowest BCUT2D eigenvalue weighted by Gasteiger charge is -2.21. The standard InChI is InChI=1S/C49H35N3Si/c1-53(2)45-31-37(25-26-42(45)43-27-24-34-18-9-10-21-39(34)46(43)53)48-50-47(36-20-13-19-35(30-36)32-14-5-3-6-15-32)51-49(52-48)44-29-28-38(33-16-7-4-8-17-33)40-22-11-12-23-41(40)44/h3-31H,1-2H3. The molecule has 4 heteroatoms. The minimum absolute atomic E-state index is 0.658. The van der Waals surface area contributed by atoms with Crippen LogP contribution in [0.4, 0.5) is 0 Å². The van der Waals surface area contributed by atoms with Crippen LogP contribution < -0.4 is 10.4 Å². The van der Waals surface area contributed by atoms with E-state index in [9.17, 15) is 0 Å². The molecular weight excluding hydrogens is 659 g/mol. The SMILES string of the molecule is C[Si]1(C)c2cc(-c3nc(-c4cccc(-c5ccccc5)c4)nc(-c4ccc(-c5ccccc5)c5ccccc45)n3)ccc2-c2ccc3ccccc3c21. The Morgan fingerprint density at radius 1 is 0.340 bits per heavy atom. The summed E-state index contributed by atoms with van der Waals surface area (Å²) < 4.78 is 0. The van der Waals surface area contributed by atoms with Gasteiger partial charge in [0.05, 0.1) is 0 Å². The van der Waals surface area contributed by atoms with E-state index in [1.807, 2.05) is 6.07 Å². The zero-order valence-corrected chi connectivity index (χ0v) is 30.6. The van der Waals surface area contributed by atoms with Crippen LogP contribution in [0, 0.1) is 0 Å². The first-order chi connectivity index (χ1) is 26.0. The van der Waals surface area contributed by atoms with E-state index in [2.05, 4.69) is 183 Å². The van der Waals surface area contributed by atoms with Crippen LogP contribution in [0.15, 0.2) is 176 Å². The van der Waals surface area contributed by atoms with Gasteiger partial charge in [-0.15, -0.1) is 0 Å². The monoisotopic (exact) mass is 693 g/mol. The molecule has 0 radical (unpaired) electrons. The molecule has 1 aromatic heterocycles. The maximum atomic E-state index is 5.30. The van der Waals surface area contributed by atoms with Crippen molar-refractivity contribution < 1.29 is 0 Å². The van der Waals surface area contributed by atoms with E-state index in [-0.39, 0.29) is 0 Å². The molecule has 53 heavy (non-hydrogen) atoms. The quantitative estimate of drug-likeness (QED) is 0.168. The van der Waals surface area contributed by atoms with Crippen molar-refractivity contribution in [3.63, 3.8) is 0 Å². The molecule has 0 saturated heterocycles. The molecule has 1 aliphatic heterocycles. The second-order valence-electron chi connectivity index (χ2n) is 14.4. The number of nitrogens with zero attached hydrogens (tertiary/aromatic N) is 3. The summed E-state index contributed by atoms with van der Waals surface area (Å²) in [6.45, 7) is 4.96. The van der Waals surface area contributed by atoms with Crippen molar-refractivity contribution in [3.05, 3.63) is 176 Å². The topological polar surface area (TPSA) is 38.7 Å². The van der Waals surface area contributed by atoms with Crippen molar-refractivity contribution in [1.82, 2.24) is 15.0 Å². The molecule has 3 nitrogen and oxygen atoms in total. The number of hydrogen-bond donors (Lipinski definition) is 0. The van der Waals surface area contributed by atoms with Crippen LogP contribution in [0.25, 0.3) is 89.1 Å². The zero-order chi connectivity index (χ0) is 35.5. The summed E-state index contributed by atoms with van der Waals surface area (Å²) >= 11 is 0. The summed E-state index contributed by atoms with van der Waals surface area (Å²) in [7, 11) is -2.06.